The van der Waals surface area contributed by atoms with Crippen molar-refractivity contribution in [2.75, 3.05) is 18.0 Å². The molecule has 0 heterocycles. The molecule has 1 aliphatic carbocycles. The van der Waals surface area contributed by atoms with E-state index >= 15 is 0 Å². The molecule has 1 N–H and O–H groups in total. The zero-order valence-electron chi connectivity index (χ0n) is 11.8. The van der Waals surface area contributed by atoms with Gasteiger partial charge in [0.2, 0.25) is 0 Å². The van der Waals surface area contributed by atoms with Crippen LogP contribution < -0.4 is 4.90 Å². The molecule has 0 spiro atoms. The maximum absolute atomic E-state index is 11.0. The minimum Gasteiger partial charge on any atom is -0.481 e. The molecule has 1 aromatic carbocycles. The van der Waals surface area contributed by atoms with Crippen LogP contribution in [0, 0.1) is 5.92 Å². The number of hydrogen-bond acceptors (Lipinski definition) is 2. The van der Waals surface area contributed by atoms with Crippen molar-refractivity contribution in [1.29, 1.82) is 0 Å². The zero-order chi connectivity index (χ0) is 13.8. The largest absolute Gasteiger partial charge is 0.481 e. The van der Waals surface area contributed by atoms with Crippen LogP contribution in [0.1, 0.15) is 44.6 Å². The summed E-state index contributed by atoms with van der Waals surface area (Å²) in [7, 11) is 0. The predicted octanol–water partition coefficient (Wildman–Crippen LogP) is 3.50. The monoisotopic (exact) mass is 261 g/mol. The van der Waals surface area contributed by atoms with E-state index in [4.69, 9.17) is 5.11 Å². The second-order valence-electron chi connectivity index (χ2n) is 5.31. The number of carboxylic acid groups (broad SMARTS) is 1. The zero-order valence-corrected chi connectivity index (χ0v) is 11.8. The molecule has 1 atom stereocenters. The Morgan fingerprint density at radius 1 is 1.37 bits per heavy atom. The third-order valence-electron chi connectivity index (χ3n) is 4.01. The molecule has 0 aliphatic heterocycles. The van der Waals surface area contributed by atoms with E-state index in [9.17, 15) is 4.79 Å². The summed E-state index contributed by atoms with van der Waals surface area (Å²) in [4.78, 5) is 13.3. The van der Waals surface area contributed by atoms with Crippen molar-refractivity contribution in [2.45, 2.75) is 39.0 Å². The van der Waals surface area contributed by atoms with Crippen molar-refractivity contribution in [3.63, 3.8) is 0 Å². The normalized spacial score (nSPS) is 16.1. The van der Waals surface area contributed by atoms with Gasteiger partial charge in [-0.25, -0.2) is 0 Å². The number of anilines is 1. The van der Waals surface area contributed by atoms with Gasteiger partial charge in [-0.15, -0.1) is 0 Å². The summed E-state index contributed by atoms with van der Waals surface area (Å²) in [6.45, 7) is 6.25. The van der Waals surface area contributed by atoms with Crippen LogP contribution in [0.2, 0.25) is 0 Å². The van der Waals surface area contributed by atoms with E-state index in [1.165, 1.54) is 24.1 Å². The number of rotatable bonds is 7. The van der Waals surface area contributed by atoms with Gasteiger partial charge in [0.05, 0.1) is 6.42 Å². The van der Waals surface area contributed by atoms with Crippen molar-refractivity contribution < 1.29 is 9.90 Å². The van der Waals surface area contributed by atoms with Gasteiger partial charge in [-0.05, 0) is 56.2 Å². The van der Waals surface area contributed by atoms with E-state index in [-0.39, 0.29) is 12.3 Å². The number of benzene rings is 1. The van der Waals surface area contributed by atoms with Gasteiger partial charge >= 0.3 is 5.97 Å². The molecule has 1 unspecified atom stereocenters. The molecule has 3 nitrogen and oxygen atoms in total. The third-order valence-corrected chi connectivity index (χ3v) is 4.01. The summed E-state index contributed by atoms with van der Waals surface area (Å²) in [6.07, 6.45) is 2.60. The standard InChI is InChI=1S/C16H23NO2/c1-3-17(4-2)14-7-5-6-13(10-14)15(11-16(18)19)12-8-9-12/h5-7,10,12,15H,3-4,8-9,11H2,1-2H3,(H,18,19). The summed E-state index contributed by atoms with van der Waals surface area (Å²) >= 11 is 0. The van der Waals surface area contributed by atoms with Gasteiger partial charge in [-0.1, -0.05) is 12.1 Å². The van der Waals surface area contributed by atoms with Crippen LogP contribution in [0.15, 0.2) is 24.3 Å². The fourth-order valence-electron chi connectivity index (χ4n) is 2.78. The summed E-state index contributed by atoms with van der Waals surface area (Å²) in [6, 6.07) is 8.43. The molecule has 1 aliphatic rings. The van der Waals surface area contributed by atoms with Crippen molar-refractivity contribution in [1.82, 2.24) is 0 Å². The van der Waals surface area contributed by atoms with E-state index in [2.05, 4.69) is 43.0 Å². The molecule has 104 valence electrons. The Balaban J connectivity index is 2.22. The minimum atomic E-state index is -0.690. The van der Waals surface area contributed by atoms with Crippen LogP contribution in [-0.2, 0) is 4.79 Å². The highest BCUT2D eigenvalue weighted by Crippen LogP contribution is 2.45. The highest BCUT2D eigenvalue weighted by atomic mass is 16.4. The molecule has 0 amide bonds. The Morgan fingerprint density at radius 2 is 2.05 bits per heavy atom. The molecule has 3 heteroatoms. The highest BCUT2D eigenvalue weighted by molar-refractivity contribution is 5.68. The first kappa shape index (κ1) is 13.9. The Hall–Kier alpha value is -1.51. The highest BCUT2D eigenvalue weighted by Gasteiger charge is 2.33. The van der Waals surface area contributed by atoms with Gasteiger partial charge in [0.25, 0.3) is 0 Å². The quantitative estimate of drug-likeness (QED) is 0.816. The SMILES string of the molecule is CCN(CC)c1cccc(C(CC(=O)O)C2CC2)c1. The molecule has 19 heavy (non-hydrogen) atoms. The van der Waals surface area contributed by atoms with Gasteiger partial charge in [-0.2, -0.15) is 0 Å². The maximum Gasteiger partial charge on any atom is 0.303 e. The van der Waals surface area contributed by atoms with Crippen molar-refractivity contribution in [3.05, 3.63) is 29.8 Å². The molecule has 0 aromatic heterocycles. The molecule has 1 fully saturated rings. The first-order valence-electron chi connectivity index (χ1n) is 7.22. The van der Waals surface area contributed by atoms with Crippen LogP contribution in [0.4, 0.5) is 5.69 Å². The maximum atomic E-state index is 11.0. The van der Waals surface area contributed by atoms with E-state index in [0.29, 0.717) is 5.92 Å². The number of hydrogen-bond donors (Lipinski definition) is 1. The molecular formula is C16H23NO2. The fourth-order valence-corrected chi connectivity index (χ4v) is 2.78. The Kier molecular flexibility index (Phi) is 4.46. The third kappa shape index (κ3) is 3.49. The molecule has 0 bridgehead atoms. The van der Waals surface area contributed by atoms with Crippen LogP contribution in [-0.4, -0.2) is 24.2 Å². The number of aliphatic carboxylic acids is 1. The molecule has 2 rings (SSSR count). The second-order valence-corrected chi connectivity index (χ2v) is 5.31. The summed E-state index contributed by atoms with van der Waals surface area (Å²) in [5, 5.41) is 9.08. The van der Waals surface area contributed by atoms with E-state index in [0.717, 1.165) is 13.1 Å². The number of carboxylic acids is 1. The van der Waals surface area contributed by atoms with Gasteiger partial charge in [0, 0.05) is 18.8 Å². The van der Waals surface area contributed by atoms with Gasteiger partial charge < -0.3 is 10.0 Å². The lowest BCUT2D eigenvalue weighted by molar-refractivity contribution is -0.137. The van der Waals surface area contributed by atoms with Crippen LogP contribution in [0.25, 0.3) is 0 Å². The average Bonchev–Trinajstić information content (AvgIpc) is 3.22. The summed E-state index contributed by atoms with van der Waals surface area (Å²) < 4.78 is 0. The lowest BCUT2D eigenvalue weighted by Crippen LogP contribution is -2.22. The minimum absolute atomic E-state index is 0.188. The molecule has 0 radical (unpaired) electrons. The van der Waals surface area contributed by atoms with Crippen LogP contribution in [0.3, 0.4) is 0 Å². The lowest BCUT2D eigenvalue weighted by atomic mass is 9.90. The van der Waals surface area contributed by atoms with Gasteiger partial charge in [0.15, 0.2) is 0 Å². The summed E-state index contributed by atoms with van der Waals surface area (Å²) in [5.74, 6) is 0.0706. The first-order chi connectivity index (χ1) is 9.15. The van der Waals surface area contributed by atoms with Crippen molar-refractivity contribution in [3.8, 4) is 0 Å². The average molecular weight is 261 g/mol. The van der Waals surface area contributed by atoms with Gasteiger partial charge in [0.1, 0.15) is 0 Å². The predicted molar refractivity (Wildman–Crippen MR) is 77.7 cm³/mol. The first-order valence-corrected chi connectivity index (χ1v) is 7.22. The van der Waals surface area contributed by atoms with E-state index in [1.54, 1.807) is 0 Å². The van der Waals surface area contributed by atoms with Crippen molar-refractivity contribution >= 4 is 11.7 Å². The molecule has 0 saturated heterocycles. The number of nitrogens with zero attached hydrogens (tertiary/aromatic N) is 1. The van der Waals surface area contributed by atoms with E-state index < -0.39 is 5.97 Å². The fraction of sp³-hybridized carbons (Fsp3) is 0.562. The molecular weight excluding hydrogens is 238 g/mol. The second kappa shape index (κ2) is 6.09. The Labute approximate surface area is 115 Å². The molecule has 1 saturated carbocycles. The topological polar surface area (TPSA) is 40.5 Å². The molecule has 1 aromatic rings. The van der Waals surface area contributed by atoms with E-state index in [1.807, 2.05) is 0 Å². The Bertz CT molecular complexity index is 436. The summed E-state index contributed by atoms with van der Waals surface area (Å²) in [5.41, 5.74) is 2.40. The van der Waals surface area contributed by atoms with Gasteiger partial charge in [-0.3, -0.25) is 4.79 Å². The lowest BCUT2D eigenvalue weighted by Gasteiger charge is -2.23. The smallest absolute Gasteiger partial charge is 0.303 e. The van der Waals surface area contributed by atoms with Crippen LogP contribution >= 0.6 is 0 Å². The number of carbonyl (C=O) groups is 1. The Morgan fingerprint density at radius 3 is 2.58 bits per heavy atom. The van der Waals surface area contributed by atoms with Crippen LogP contribution in [0.5, 0.6) is 0 Å². The van der Waals surface area contributed by atoms with Crippen molar-refractivity contribution in [2.24, 2.45) is 5.92 Å².